The van der Waals surface area contributed by atoms with Crippen LogP contribution in [0.2, 0.25) is 0 Å². The van der Waals surface area contributed by atoms with E-state index in [2.05, 4.69) is 23.0 Å². The van der Waals surface area contributed by atoms with Gasteiger partial charge >= 0.3 is 0 Å². The highest BCUT2D eigenvalue weighted by molar-refractivity contribution is 5.77. The first-order chi connectivity index (χ1) is 13.4. The molecule has 1 amide bonds. The molecule has 8 nitrogen and oxygen atoms in total. The van der Waals surface area contributed by atoms with Crippen LogP contribution in [-0.2, 0) is 17.6 Å². The molecule has 1 unspecified atom stereocenters. The number of piperidine rings is 1. The summed E-state index contributed by atoms with van der Waals surface area (Å²) in [5.74, 6) is 2.38. The number of hydrogen-bond acceptors (Lipinski definition) is 6. The topological polar surface area (TPSA) is 111 Å². The standard InChI is InChI=1S/C20H24N4O4/c1-20(10-13-2-3-14-15(8-13)28-12-27-14)6-4-19(26)24(11-20)7-5-17-22-16(21)9-18(25)23-17/h2-3,8-9H,4-7,10-12H2,1H3,(H3,21,22,23,25). The van der Waals surface area contributed by atoms with Gasteiger partial charge in [0.25, 0.3) is 5.56 Å². The highest BCUT2D eigenvalue weighted by Gasteiger charge is 2.35. The number of aromatic amines is 1. The number of hydrogen-bond donors (Lipinski definition) is 2. The maximum Gasteiger partial charge on any atom is 0.252 e. The van der Waals surface area contributed by atoms with Crippen LogP contribution in [0.3, 0.4) is 0 Å². The van der Waals surface area contributed by atoms with Crippen molar-refractivity contribution < 1.29 is 14.3 Å². The Labute approximate surface area is 162 Å². The third kappa shape index (κ3) is 3.95. The van der Waals surface area contributed by atoms with E-state index < -0.39 is 0 Å². The quantitative estimate of drug-likeness (QED) is 0.808. The molecule has 2 aromatic rings. The fourth-order valence-corrected chi connectivity index (χ4v) is 3.97. The first-order valence-electron chi connectivity index (χ1n) is 9.42. The van der Waals surface area contributed by atoms with Crippen molar-refractivity contribution in [1.82, 2.24) is 14.9 Å². The van der Waals surface area contributed by atoms with Crippen molar-refractivity contribution in [2.45, 2.75) is 32.6 Å². The minimum absolute atomic E-state index is 0.0296. The van der Waals surface area contributed by atoms with Gasteiger partial charge in [-0.3, -0.25) is 9.59 Å². The maximum atomic E-state index is 12.4. The number of fused-ring (bicyclic) bond motifs is 1. The molecule has 2 aliphatic rings. The molecule has 148 valence electrons. The number of aromatic nitrogens is 2. The molecule has 0 aliphatic carbocycles. The average molecular weight is 384 g/mol. The van der Waals surface area contributed by atoms with Crippen LogP contribution in [0.15, 0.2) is 29.1 Å². The van der Waals surface area contributed by atoms with Crippen molar-refractivity contribution in [3.8, 4) is 11.5 Å². The van der Waals surface area contributed by atoms with E-state index in [9.17, 15) is 9.59 Å². The van der Waals surface area contributed by atoms with E-state index in [0.717, 1.165) is 24.3 Å². The molecule has 3 N–H and O–H groups in total. The lowest BCUT2D eigenvalue weighted by Crippen LogP contribution is -2.47. The van der Waals surface area contributed by atoms with Gasteiger partial charge in [0.2, 0.25) is 12.7 Å². The normalized spacial score (nSPS) is 21.2. The van der Waals surface area contributed by atoms with E-state index in [-0.39, 0.29) is 29.5 Å². The SMILES string of the molecule is CC1(Cc2ccc3c(c2)OCO3)CCC(=O)N(CCc2nc(N)cc(=O)[nH]2)C1. The summed E-state index contributed by atoms with van der Waals surface area (Å²) < 4.78 is 10.8. The highest BCUT2D eigenvalue weighted by atomic mass is 16.7. The molecule has 3 heterocycles. The van der Waals surface area contributed by atoms with Crippen LogP contribution in [0.25, 0.3) is 0 Å². The Kier molecular flexibility index (Phi) is 4.70. The van der Waals surface area contributed by atoms with Gasteiger partial charge in [-0.25, -0.2) is 4.98 Å². The second-order valence-corrected chi connectivity index (χ2v) is 7.86. The van der Waals surface area contributed by atoms with Gasteiger partial charge in [-0.1, -0.05) is 13.0 Å². The molecule has 1 aromatic heterocycles. The van der Waals surface area contributed by atoms with Crippen LogP contribution in [-0.4, -0.2) is 40.7 Å². The van der Waals surface area contributed by atoms with Crippen LogP contribution in [0, 0.1) is 5.41 Å². The van der Waals surface area contributed by atoms with Crippen LogP contribution in [0.4, 0.5) is 5.82 Å². The number of carbonyl (C=O) groups excluding carboxylic acids is 1. The molecular weight excluding hydrogens is 360 g/mol. The summed E-state index contributed by atoms with van der Waals surface area (Å²) in [7, 11) is 0. The lowest BCUT2D eigenvalue weighted by atomic mass is 9.76. The van der Waals surface area contributed by atoms with Crippen LogP contribution < -0.4 is 20.8 Å². The third-order valence-corrected chi connectivity index (χ3v) is 5.36. The lowest BCUT2D eigenvalue weighted by Gasteiger charge is -2.40. The van der Waals surface area contributed by atoms with Crippen molar-refractivity contribution in [2.24, 2.45) is 5.41 Å². The van der Waals surface area contributed by atoms with E-state index in [1.165, 1.54) is 11.6 Å². The summed E-state index contributed by atoms with van der Waals surface area (Å²) in [5.41, 5.74) is 6.49. The molecule has 4 rings (SSSR count). The zero-order valence-electron chi connectivity index (χ0n) is 15.9. The van der Waals surface area contributed by atoms with Gasteiger partial charge in [0.15, 0.2) is 11.5 Å². The van der Waals surface area contributed by atoms with Gasteiger partial charge < -0.3 is 25.1 Å². The lowest BCUT2D eigenvalue weighted by molar-refractivity contribution is -0.137. The fourth-order valence-electron chi connectivity index (χ4n) is 3.97. The summed E-state index contributed by atoms with van der Waals surface area (Å²) in [6.07, 6.45) is 2.67. The molecule has 0 saturated carbocycles. The fraction of sp³-hybridized carbons (Fsp3) is 0.450. The van der Waals surface area contributed by atoms with Crippen molar-refractivity contribution in [3.05, 3.63) is 46.0 Å². The largest absolute Gasteiger partial charge is 0.454 e. The average Bonchev–Trinajstić information content (AvgIpc) is 3.10. The molecule has 2 aliphatic heterocycles. The van der Waals surface area contributed by atoms with Gasteiger partial charge in [0.1, 0.15) is 11.6 Å². The number of nitrogens with zero attached hydrogens (tertiary/aromatic N) is 2. The van der Waals surface area contributed by atoms with Gasteiger partial charge in [0, 0.05) is 32.0 Å². The van der Waals surface area contributed by atoms with Crippen LogP contribution in [0.5, 0.6) is 11.5 Å². The first-order valence-corrected chi connectivity index (χ1v) is 9.42. The van der Waals surface area contributed by atoms with Crippen molar-refractivity contribution in [2.75, 3.05) is 25.6 Å². The zero-order chi connectivity index (χ0) is 19.7. The minimum atomic E-state index is -0.278. The van der Waals surface area contributed by atoms with Crippen molar-refractivity contribution >= 4 is 11.7 Å². The molecule has 1 saturated heterocycles. The number of amides is 1. The van der Waals surface area contributed by atoms with Gasteiger partial charge in [0.05, 0.1) is 0 Å². The Balaban J connectivity index is 1.43. The van der Waals surface area contributed by atoms with E-state index >= 15 is 0 Å². The molecular formula is C20H24N4O4. The molecule has 1 aromatic carbocycles. The summed E-state index contributed by atoms with van der Waals surface area (Å²) in [6, 6.07) is 7.27. The number of nitrogens with two attached hydrogens (primary N) is 1. The first kappa shape index (κ1) is 18.3. The second-order valence-electron chi connectivity index (χ2n) is 7.86. The van der Waals surface area contributed by atoms with Gasteiger partial charge in [-0.2, -0.15) is 0 Å². The number of ether oxygens (including phenoxy) is 2. The molecule has 1 atom stereocenters. The Bertz CT molecular complexity index is 957. The molecule has 1 fully saturated rings. The summed E-state index contributed by atoms with van der Waals surface area (Å²) in [5, 5.41) is 0. The predicted molar refractivity (Wildman–Crippen MR) is 103 cm³/mol. The number of H-pyrrole nitrogens is 1. The Morgan fingerprint density at radius 1 is 1.25 bits per heavy atom. The van der Waals surface area contributed by atoms with Gasteiger partial charge in [-0.05, 0) is 36.0 Å². The maximum absolute atomic E-state index is 12.4. The number of carbonyl (C=O) groups is 1. The second kappa shape index (κ2) is 7.18. The Morgan fingerprint density at radius 3 is 2.89 bits per heavy atom. The van der Waals surface area contributed by atoms with E-state index in [1.807, 2.05) is 17.0 Å². The summed E-state index contributed by atoms with van der Waals surface area (Å²) >= 11 is 0. The van der Waals surface area contributed by atoms with E-state index in [1.54, 1.807) is 0 Å². The van der Waals surface area contributed by atoms with Crippen molar-refractivity contribution in [1.29, 1.82) is 0 Å². The molecule has 0 bridgehead atoms. The predicted octanol–water partition coefficient (Wildman–Crippen LogP) is 1.49. The summed E-state index contributed by atoms with van der Waals surface area (Å²) in [6.45, 7) is 3.63. The monoisotopic (exact) mass is 384 g/mol. The number of anilines is 1. The molecule has 8 heteroatoms. The Morgan fingerprint density at radius 2 is 2.07 bits per heavy atom. The van der Waals surface area contributed by atoms with Crippen LogP contribution in [0.1, 0.15) is 31.2 Å². The van der Waals surface area contributed by atoms with E-state index in [4.69, 9.17) is 15.2 Å². The smallest absolute Gasteiger partial charge is 0.252 e. The number of nitrogen functional groups attached to an aromatic ring is 1. The minimum Gasteiger partial charge on any atom is -0.454 e. The van der Waals surface area contributed by atoms with Crippen LogP contribution >= 0.6 is 0 Å². The summed E-state index contributed by atoms with van der Waals surface area (Å²) in [4.78, 5) is 32.6. The molecule has 28 heavy (non-hydrogen) atoms. The number of benzene rings is 1. The zero-order valence-corrected chi connectivity index (χ0v) is 15.9. The number of likely N-dealkylation sites (tertiary alicyclic amines) is 1. The molecule has 0 spiro atoms. The third-order valence-electron chi connectivity index (χ3n) is 5.36. The van der Waals surface area contributed by atoms with Gasteiger partial charge in [-0.15, -0.1) is 0 Å². The van der Waals surface area contributed by atoms with E-state index in [0.29, 0.717) is 31.8 Å². The number of rotatable bonds is 5. The number of nitrogens with one attached hydrogen (secondary N) is 1. The molecule has 0 radical (unpaired) electrons. The Hall–Kier alpha value is -3.03. The van der Waals surface area contributed by atoms with Crippen molar-refractivity contribution in [3.63, 3.8) is 0 Å². The highest BCUT2D eigenvalue weighted by Crippen LogP contribution is 2.37.